The first-order valence-corrected chi connectivity index (χ1v) is 10.2. The summed E-state index contributed by atoms with van der Waals surface area (Å²) in [6, 6.07) is 6.86. The lowest BCUT2D eigenvalue weighted by Crippen LogP contribution is -2.13. The molecule has 30 heavy (non-hydrogen) atoms. The highest BCUT2D eigenvalue weighted by Crippen LogP contribution is 2.34. The van der Waals surface area contributed by atoms with Gasteiger partial charge in [0.15, 0.2) is 5.65 Å². The minimum Gasteiger partial charge on any atom is -0.322 e. The van der Waals surface area contributed by atoms with E-state index in [4.69, 9.17) is 28.3 Å². The molecule has 0 spiro atoms. The van der Waals surface area contributed by atoms with Crippen LogP contribution in [0.25, 0.3) is 16.7 Å². The third-order valence-electron chi connectivity index (χ3n) is 4.42. The molecule has 5 nitrogen and oxygen atoms in total. The van der Waals surface area contributed by atoms with E-state index in [1.54, 1.807) is 35.0 Å². The van der Waals surface area contributed by atoms with Gasteiger partial charge in [-0.25, -0.2) is 9.67 Å². The molecule has 154 valence electrons. The Morgan fingerprint density at radius 1 is 1.23 bits per heavy atom. The highest BCUT2D eigenvalue weighted by atomic mass is 35.5. The summed E-state index contributed by atoms with van der Waals surface area (Å²) >= 11 is 12.6. The van der Waals surface area contributed by atoms with Crippen LogP contribution in [0.1, 0.15) is 42.7 Å². The maximum absolute atomic E-state index is 12.9. The molecular weight excluding hydrogens is 419 g/mol. The number of nitrogens with one attached hydrogen (secondary N) is 1. The lowest BCUT2D eigenvalue weighted by atomic mass is 10.1. The fourth-order valence-corrected chi connectivity index (χ4v) is 3.48. The van der Waals surface area contributed by atoms with E-state index in [9.17, 15) is 4.79 Å². The number of anilines is 1. The standard InChI is InChI=1S/C23H22Cl2N4O/c1-5-7-17(8-6-2)29-22-19(21(28-29)14(3)4)20(25)18(13-26-22)23(30)27-16-11-9-15(24)10-12-16/h5-14H,1H2,2-4H3,(H,27,30)/b8-6-,17-7+. The third-order valence-corrected chi connectivity index (χ3v) is 5.07. The third kappa shape index (κ3) is 4.32. The summed E-state index contributed by atoms with van der Waals surface area (Å²) in [7, 11) is 0. The van der Waals surface area contributed by atoms with Crippen molar-refractivity contribution in [3.05, 3.63) is 82.6 Å². The van der Waals surface area contributed by atoms with Crippen LogP contribution in [0.2, 0.25) is 10.0 Å². The molecule has 0 atom stereocenters. The summed E-state index contributed by atoms with van der Waals surface area (Å²) in [5, 5.41) is 9.13. The number of pyridine rings is 1. The van der Waals surface area contributed by atoms with E-state index in [1.807, 2.05) is 39.0 Å². The van der Waals surface area contributed by atoms with Gasteiger partial charge in [0, 0.05) is 16.9 Å². The maximum Gasteiger partial charge on any atom is 0.258 e. The number of carbonyl (C=O) groups excluding carboxylic acids is 1. The number of hydrogen-bond acceptors (Lipinski definition) is 3. The second-order valence-corrected chi connectivity index (χ2v) is 7.74. The molecule has 0 saturated heterocycles. The van der Waals surface area contributed by atoms with Gasteiger partial charge in [-0.2, -0.15) is 5.10 Å². The van der Waals surface area contributed by atoms with Crippen molar-refractivity contribution in [1.29, 1.82) is 0 Å². The van der Waals surface area contributed by atoms with Crippen LogP contribution in [-0.4, -0.2) is 20.7 Å². The van der Waals surface area contributed by atoms with Crippen LogP contribution in [0.15, 0.2) is 61.3 Å². The van der Waals surface area contributed by atoms with E-state index in [0.29, 0.717) is 26.8 Å². The minimum absolute atomic E-state index is 0.0817. The van der Waals surface area contributed by atoms with Crippen molar-refractivity contribution in [3.8, 4) is 0 Å². The molecule has 0 aliphatic heterocycles. The summed E-state index contributed by atoms with van der Waals surface area (Å²) in [5.74, 6) is -0.271. The zero-order chi connectivity index (χ0) is 21.8. The van der Waals surface area contributed by atoms with Gasteiger partial charge < -0.3 is 5.32 Å². The van der Waals surface area contributed by atoms with E-state index >= 15 is 0 Å². The number of aromatic nitrogens is 3. The van der Waals surface area contributed by atoms with Gasteiger partial charge in [-0.05, 0) is 49.3 Å². The van der Waals surface area contributed by atoms with Gasteiger partial charge in [-0.3, -0.25) is 4.79 Å². The van der Waals surface area contributed by atoms with Crippen LogP contribution in [0.4, 0.5) is 5.69 Å². The Morgan fingerprint density at radius 3 is 2.53 bits per heavy atom. The maximum atomic E-state index is 12.9. The topological polar surface area (TPSA) is 59.8 Å². The van der Waals surface area contributed by atoms with Gasteiger partial charge in [-0.1, -0.05) is 55.8 Å². The monoisotopic (exact) mass is 440 g/mol. The van der Waals surface area contributed by atoms with Crippen LogP contribution >= 0.6 is 23.2 Å². The van der Waals surface area contributed by atoms with E-state index < -0.39 is 0 Å². The lowest BCUT2D eigenvalue weighted by molar-refractivity contribution is 0.102. The summed E-state index contributed by atoms with van der Waals surface area (Å²) in [6.07, 6.45) is 8.82. The van der Waals surface area contributed by atoms with E-state index in [-0.39, 0.29) is 17.4 Å². The van der Waals surface area contributed by atoms with Gasteiger partial charge in [-0.15, -0.1) is 0 Å². The number of allylic oxidation sites excluding steroid dienone is 5. The van der Waals surface area contributed by atoms with Gasteiger partial charge in [0.25, 0.3) is 5.91 Å². The van der Waals surface area contributed by atoms with Gasteiger partial charge in [0.05, 0.1) is 27.4 Å². The molecule has 0 bridgehead atoms. The Kier molecular flexibility index (Phi) is 6.75. The summed E-state index contributed by atoms with van der Waals surface area (Å²) in [5.41, 5.74) is 3.04. The Hall–Kier alpha value is -2.89. The molecule has 0 aliphatic rings. The molecule has 3 aromatic rings. The Balaban J connectivity index is 2.13. The number of amides is 1. The summed E-state index contributed by atoms with van der Waals surface area (Å²) in [4.78, 5) is 17.4. The van der Waals surface area contributed by atoms with Crippen molar-refractivity contribution in [2.75, 3.05) is 5.32 Å². The van der Waals surface area contributed by atoms with Gasteiger partial charge in [0.1, 0.15) is 0 Å². The van der Waals surface area contributed by atoms with Crippen molar-refractivity contribution in [2.24, 2.45) is 0 Å². The number of rotatable bonds is 6. The summed E-state index contributed by atoms with van der Waals surface area (Å²) in [6.45, 7) is 9.74. The minimum atomic E-state index is -0.352. The van der Waals surface area contributed by atoms with Crippen molar-refractivity contribution >= 4 is 51.5 Å². The first kappa shape index (κ1) is 21.8. The van der Waals surface area contributed by atoms with Crippen LogP contribution in [-0.2, 0) is 0 Å². The number of hydrogen-bond donors (Lipinski definition) is 1. The Bertz CT molecular complexity index is 1160. The van der Waals surface area contributed by atoms with Crippen LogP contribution in [0.5, 0.6) is 0 Å². The number of halogens is 2. The van der Waals surface area contributed by atoms with E-state index in [1.165, 1.54) is 6.20 Å². The number of benzene rings is 1. The first-order valence-electron chi connectivity index (χ1n) is 9.47. The fraction of sp³-hybridized carbons (Fsp3) is 0.174. The molecule has 0 fully saturated rings. The van der Waals surface area contributed by atoms with Gasteiger partial charge in [0.2, 0.25) is 0 Å². The number of fused-ring (bicyclic) bond motifs is 1. The zero-order valence-electron chi connectivity index (χ0n) is 17.0. The average Bonchev–Trinajstić information content (AvgIpc) is 3.10. The molecule has 3 rings (SSSR count). The number of nitrogens with zero attached hydrogens (tertiary/aromatic N) is 3. The molecule has 1 N–H and O–H groups in total. The highest BCUT2D eigenvalue weighted by molar-refractivity contribution is 6.39. The predicted octanol–water partition coefficient (Wildman–Crippen LogP) is 6.72. The normalized spacial score (nSPS) is 12.1. The Morgan fingerprint density at radius 2 is 1.93 bits per heavy atom. The molecule has 2 aromatic heterocycles. The van der Waals surface area contributed by atoms with Crippen LogP contribution in [0.3, 0.4) is 0 Å². The van der Waals surface area contributed by atoms with Crippen molar-refractivity contribution < 1.29 is 4.79 Å². The fourth-order valence-electron chi connectivity index (χ4n) is 3.03. The smallest absolute Gasteiger partial charge is 0.258 e. The van der Waals surface area contributed by atoms with Crippen molar-refractivity contribution in [2.45, 2.75) is 26.7 Å². The average molecular weight is 441 g/mol. The van der Waals surface area contributed by atoms with Crippen molar-refractivity contribution in [1.82, 2.24) is 14.8 Å². The molecule has 2 heterocycles. The SMILES string of the molecule is C=C/C=C(\C=C/C)n1nc(C(C)C)c2c(Cl)c(C(=O)Nc3ccc(Cl)cc3)cnc21. The molecule has 1 amide bonds. The largest absolute Gasteiger partial charge is 0.322 e. The van der Waals surface area contributed by atoms with Gasteiger partial charge >= 0.3 is 0 Å². The second-order valence-electron chi connectivity index (χ2n) is 6.92. The highest BCUT2D eigenvalue weighted by Gasteiger charge is 2.23. The molecule has 0 radical (unpaired) electrons. The van der Waals surface area contributed by atoms with Crippen molar-refractivity contribution in [3.63, 3.8) is 0 Å². The number of carbonyl (C=O) groups is 1. The lowest BCUT2D eigenvalue weighted by Gasteiger charge is -2.09. The van der Waals surface area contributed by atoms with E-state index in [0.717, 1.165) is 11.4 Å². The Labute approximate surface area is 185 Å². The zero-order valence-corrected chi connectivity index (χ0v) is 18.5. The quantitative estimate of drug-likeness (QED) is 0.432. The molecule has 0 saturated carbocycles. The molecule has 7 heteroatoms. The second kappa shape index (κ2) is 9.28. The molecule has 0 unspecified atom stereocenters. The molecule has 1 aromatic carbocycles. The van der Waals surface area contributed by atoms with Crippen LogP contribution < -0.4 is 5.32 Å². The van der Waals surface area contributed by atoms with Crippen LogP contribution in [0, 0.1) is 0 Å². The molecule has 0 aliphatic carbocycles. The first-order chi connectivity index (χ1) is 14.4. The molecular formula is C23H22Cl2N4O. The van der Waals surface area contributed by atoms with E-state index in [2.05, 4.69) is 16.9 Å². The predicted molar refractivity (Wildman–Crippen MR) is 125 cm³/mol. The summed E-state index contributed by atoms with van der Waals surface area (Å²) < 4.78 is 1.72.